The summed E-state index contributed by atoms with van der Waals surface area (Å²) < 4.78 is 41.2. The second kappa shape index (κ2) is 9.25. The number of nitrogens with zero attached hydrogens (tertiary/aromatic N) is 4. The lowest BCUT2D eigenvalue weighted by Crippen LogP contribution is -2.54. The average Bonchev–Trinajstić information content (AvgIpc) is 2.75. The van der Waals surface area contributed by atoms with Gasteiger partial charge in [0.25, 0.3) is 0 Å². The molecule has 2 atom stereocenters. The number of nitriles is 1. The summed E-state index contributed by atoms with van der Waals surface area (Å²) in [6, 6.07) is 7.92. The van der Waals surface area contributed by atoms with Crippen molar-refractivity contribution >= 4 is 28.4 Å². The van der Waals surface area contributed by atoms with Gasteiger partial charge in [-0.3, -0.25) is 14.6 Å². The van der Waals surface area contributed by atoms with E-state index in [-0.39, 0.29) is 38.3 Å². The van der Waals surface area contributed by atoms with Gasteiger partial charge in [-0.15, -0.1) is 0 Å². The largest absolute Gasteiger partial charge is 0.393 e. The number of carbonyl (C=O) groups excluding carboxylic acids is 2. The maximum absolute atomic E-state index is 13.7. The van der Waals surface area contributed by atoms with E-state index in [9.17, 15) is 28.0 Å². The van der Waals surface area contributed by atoms with Crippen molar-refractivity contribution in [2.45, 2.75) is 37.9 Å². The molecule has 0 spiro atoms. The highest BCUT2D eigenvalue weighted by Crippen LogP contribution is 2.37. The van der Waals surface area contributed by atoms with E-state index in [1.807, 2.05) is 0 Å². The van der Waals surface area contributed by atoms with Crippen LogP contribution in [-0.4, -0.2) is 60.1 Å². The van der Waals surface area contributed by atoms with Gasteiger partial charge in [0.1, 0.15) is 6.07 Å². The molecule has 33 heavy (non-hydrogen) atoms. The number of benzene rings is 1. The molecule has 7 nitrogen and oxygen atoms in total. The number of hydrogen-bond acceptors (Lipinski definition) is 5. The third-order valence-corrected chi connectivity index (χ3v) is 6.26. The molecule has 3 heterocycles. The summed E-state index contributed by atoms with van der Waals surface area (Å²) in [7, 11) is 0. The molecule has 0 bridgehead atoms. The van der Waals surface area contributed by atoms with Crippen LogP contribution in [0.3, 0.4) is 0 Å². The summed E-state index contributed by atoms with van der Waals surface area (Å²) in [5.41, 5.74) is 1.31. The number of likely N-dealkylation sites (tertiary alicyclic amines) is 1. The minimum Gasteiger partial charge on any atom is -0.368 e. The molecule has 10 heteroatoms. The number of fused-ring (bicyclic) bond motifs is 1. The van der Waals surface area contributed by atoms with Crippen molar-refractivity contribution in [2.75, 3.05) is 31.1 Å². The number of anilines is 1. The highest BCUT2D eigenvalue weighted by Gasteiger charge is 2.45. The van der Waals surface area contributed by atoms with E-state index in [0.717, 1.165) is 6.42 Å². The Kier molecular flexibility index (Phi) is 6.40. The third kappa shape index (κ3) is 5.02. The first-order chi connectivity index (χ1) is 15.8. The molecule has 0 unspecified atom stereocenters. The Bertz CT molecular complexity index is 1090. The number of halogens is 3. The maximum Gasteiger partial charge on any atom is 0.393 e. The molecule has 2 saturated heterocycles. The normalized spacial score (nSPS) is 20.8. The fourth-order valence-electron chi connectivity index (χ4n) is 4.41. The molecule has 1 aromatic carbocycles. The van der Waals surface area contributed by atoms with E-state index in [1.54, 1.807) is 34.1 Å². The number of pyridine rings is 1. The van der Waals surface area contributed by atoms with E-state index in [1.165, 1.54) is 6.20 Å². The predicted octanol–water partition coefficient (Wildman–Crippen LogP) is 2.99. The van der Waals surface area contributed by atoms with Crippen LogP contribution >= 0.6 is 0 Å². The minimum atomic E-state index is -4.42. The lowest BCUT2D eigenvalue weighted by atomic mass is 9.92. The molecule has 1 aromatic heterocycles. The van der Waals surface area contributed by atoms with Crippen LogP contribution in [-0.2, 0) is 9.59 Å². The third-order valence-electron chi connectivity index (χ3n) is 6.26. The second-order valence-electron chi connectivity index (χ2n) is 8.52. The number of nitrogens with one attached hydrogen (secondary N) is 1. The zero-order chi connectivity index (χ0) is 23.6. The van der Waals surface area contributed by atoms with E-state index < -0.39 is 24.0 Å². The zero-order valence-corrected chi connectivity index (χ0v) is 17.9. The Hall–Kier alpha value is -3.35. The number of alkyl halides is 3. The molecular formula is C23H24F3N5O2. The predicted molar refractivity (Wildman–Crippen MR) is 115 cm³/mol. The molecule has 174 valence electrons. The topological polar surface area (TPSA) is 89.3 Å². The Labute approximate surface area is 189 Å². The molecule has 1 N–H and O–H groups in total. The maximum atomic E-state index is 13.7. The van der Waals surface area contributed by atoms with Gasteiger partial charge in [-0.1, -0.05) is 0 Å². The molecule has 2 aromatic rings. The molecule has 2 fully saturated rings. The smallest absolute Gasteiger partial charge is 0.368 e. The fraction of sp³-hybridized carbons (Fsp3) is 0.478. The van der Waals surface area contributed by atoms with Gasteiger partial charge in [0, 0.05) is 62.3 Å². The summed E-state index contributed by atoms with van der Waals surface area (Å²) in [4.78, 5) is 31.9. The summed E-state index contributed by atoms with van der Waals surface area (Å²) in [5.74, 6) is -2.16. The van der Waals surface area contributed by atoms with E-state index in [2.05, 4.69) is 16.4 Å². The average molecular weight is 459 g/mol. The van der Waals surface area contributed by atoms with E-state index >= 15 is 0 Å². The molecular weight excluding hydrogens is 435 g/mol. The molecule has 2 amide bonds. The SMILES string of the molecule is N#Cc1ccc(N2C[C@H](NC(=O)CCC(=O)N3CCC3)C[C@H](C(F)(F)F)C2)c2cccnc12. The van der Waals surface area contributed by atoms with Gasteiger partial charge in [0.2, 0.25) is 11.8 Å². The lowest BCUT2D eigenvalue weighted by molar-refractivity contribution is -0.178. The minimum absolute atomic E-state index is 0.0494. The van der Waals surface area contributed by atoms with Crippen LogP contribution < -0.4 is 10.2 Å². The Morgan fingerprint density at radius 2 is 1.97 bits per heavy atom. The van der Waals surface area contributed by atoms with Gasteiger partial charge >= 0.3 is 6.18 Å². The Balaban J connectivity index is 1.52. The summed E-state index contributed by atoms with van der Waals surface area (Å²) >= 11 is 0. The highest BCUT2D eigenvalue weighted by atomic mass is 19.4. The van der Waals surface area contributed by atoms with Crippen molar-refractivity contribution < 1.29 is 22.8 Å². The van der Waals surface area contributed by atoms with E-state index in [0.29, 0.717) is 35.2 Å². The van der Waals surface area contributed by atoms with Crippen LogP contribution in [0.5, 0.6) is 0 Å². The highest BCUT2D eigenvalue weighted by molar-refractivity contribution is 5.95. The van der Waals surface area contributed by atoms with Crippen LogP contribution in [0.15, 0.2) is 30.5 Å². The number of piperidine rings is 1. The monoisotopic (exact) mass is 459 g/mol. The first-order valence-electron chi connectivity index (χ1n) is 10.9. The van der Waals surface area contributed by atoms with Gasteiger partial charge in [-0.05, 0) is 37.1 Å². The Morgan fingerprint density at radius 1 is 1.18 bits per heavy atom. The second-order valence-corrected chi connectivity index (χ2v) is 8.52. The van der Waals surface area contributed by atoms with Gasteiger partial charge < -0.3 is 15.1 Å². The quantitative estimate of drug-likeness (QED) is 0.743. The van der Waals surface area contributed by atoms with Gasteiger partial charge in [-0.2, -0.15) is 18.4 Å². The molecule has 0 aliphatic carbocycles. The van der Waals surface area contributed by atoms with Crippen LogP contribution in [0.2, 0.25) is 0 Å². The van der Waals surface area contributed by atoms with Crippen LogP contribution in [0.1, 0.15) is 31.2 Å². The first kappa shape index (κ1) is 22.8. The molecule has 2 aliphatic rings. The Morgan fingerprint density at radius 3 is 2.64 bits per heavy atom. The fourth-order valence-corrected chi connectivity index (χ4v) is 4.41. The summed E-state index contributed by atoms with van der Waals surface area (Å²) in [5, 5.41) is 12.6. The zero-order valence-electron chi connectivity index (χ0n) is 17.9. The van der Waals surface area contributed by atoms with E-state index in [4.69, 9.17) is 0 Å². The molecule has 0 saturated carbocycles. The van der Waals surface area contributed by atoms with Crippen molar-refractivity contribution in [1.82, 2.24) is 15.2 Å². The number of carbonyl (C=O) groups is 2. The number of aromatic nitrogens is 1. The van der Waals surface area contributed by atoms with Crippen molar-refractivity contribution in [3.63, 3.8) is 0 Å². The molecule has 2 aliphatic heterocycles. The van der Waals surface area contributed by atoms with Crippen LogP contribution in [0.4, 0.5) is 18.9 Å². The standard InChI is InChI=1S/C23H24F3N5O2/c24-23(25,26)16-11-17(29-20(32)6-7-21(33)30-9-2-10-30)14-31(13-16)19-5-4-15(12-27)22-18(19)3-1-8-28-22/h1,3-5,8,16-17H,2,6-7,9-11,13-14H2,(H,29,32)/t16-,17+/m0/s1. The molecule has 0 radical (unpaired) electrons. The van der Waals surface area contributed by atoms with Gasteiger partial charge in [0.05, 0.1) is 17.0 Å². The lowest BCUT2D eigenvalue weighted by Gasteiger charge is -2.40. The summed E-state index contributed by atoms with van der Waals surface area (Å²) in [6.07, 6.45) is -2.16. The van der Waals surface area contributed by atoms with Gasteiger partial charge in [-0.25, -0.2) is 0 Å². The van der Waals surface area contributed by atoms with Crippen molar-refractivity contribution in [3.05, 3.63) is 36.0 Å². The summed E-state index contributed by atoms with van der Waals surface area (Å²) in [6.45, 7) is 1.32. The van der Waals surface area contributed by atoms with Crippen molar-refractivity contribution in [1.29, 1.82) is 5.26 Å². The van der Waals surface area contributed by atoms with Crippen molar-refractivity contribution in [3.8, 4) is 6.07 Å². The van der Waals surface area contributed by atoms with Gasteiger partial charge in [0.15, 0.2) is 0 Å². The first-order valence-corrected chi connectivity index (χ1v) is 10.9. The number of rotatable bonds is 5. The number of amides is 2. The van der Waals surface area contributed by atoms with Crippen LogP contribution in [0.25, 0.3) is 10.9 Å². The van der Waals surface area contributed by atoms with Crippen LogP contribution in [0, 0.1) is 17.2 Å². The number of hydrogen-bond donors (Lipinski definition) is 1. The van der Waals surface area contributed by atoms with Crippen molar-refractivity contribution in [2.24, 2.45) is 5.92 Å². The molecule has 4 rings (SSSR count).